The van der Waals surface area contributed by atoms with E-state index in [2.05, 4.69) is 0 Å². The molecule has 0 saturated heterocycles. The molecule has 0 heterocycles. The monoisotopic (exact) mass is 485 g/mol. The Morgan fingerprint density at radius 3 is 1.44 bits per heavy atom. The highest BCUT2D eigenvalue weighted by Crippen LogP contribution is 2.14. The Labute approximate surface area is 205 Å². The Kier molecular flexibility index (Phi) is 10.9. The Hall–Kier alpha value is -3.55. The molecule has 0 N–H and O–H groups in total. The quantitative estimate of drug-likeness (QED) is 0.249. The van der Waals surface area contributed by atoms with Crippen LogP contribution >= 0.6 is 0 Å². The fraction of sp³-hybridized carbons (Fsp3) is 0.231. The van der Waals surface area contributed by atoms with Crippen LogP contribution in [-0.4, -0.2) is 50.1 Å². The second kappa shape index (κ2) is 13.9. The molecule has 180 valence electrons. The number of carbonyl (C=O) groups is 2. The number of benzene rings is 3. The molecular weight excluding hydrogens is 458 g/mol. The van der Waals surface area contributed by atoms with Gasteiger partial charge in [0.05, 0.1) is 7.05 Å². The van der Waals surface area contributed by atoms with E-state index in [-0.39, 0.29) is 25.6 Å². The summed E-state index contributed by atoms with van der Waals surface area (Å²) in [5.74, 6) is 0.851. The van der Waals surface area contributed by atoms with Gasteiger partial charge < -0.3 is 35.8 Å². The second-order valence-corrected chi connectivity index (χ2v) is 7.74. The van der Waals surface area contributed by atoms with Gasteiger partial charge in [-0.1, -0.05) is 66.7 Å². The first-order valence-electron chi connectivity index (χ1n) is 10.7. The number of rotatable bonds is 10. The molecule has 0 aliphatic carbocycles. The third-order valence-electron chi connectivity index (χ3n) is 5.00. The summed E-state index contributed by atoms with van der Waals surface area (Å²) in [4.78, 5) is 24.0. The van der Waals surface area contributed by atoms with Gasteiger partial charge in [-0.3, -0.25) is 0 Å². The number of ether oxygens (including phenoxy) is 4. The standard InChI is InChI=1S/C26H28NO6.ClH/c1-27(21-22-11-5-2-6-12-22,17-19-30-25(28)32-23-13-7-3-8-14-23)18-20-31-26(29)33-24-15-9-4-10-16-24;/h2-16H,17-21H2,1H3;1H/q+1;/p-1. The van der Waals surface area contributed by atoms with Crippen LogP contribution in [0.1, 0.15) is 5.56 Å². The van der Waals surface area contributed by atoms with Gasteiger partial charge in [-0.2, -0.15) is 0 Å². The molecule has 0 saturated carbocycles. The minimum atomic E-state index is -0.754. The Morgan fingerprint density at radius 2 is 1.03 bits per heavy atom. The summed E-state index contributed by atoms with van der Waals surface area (Å²) in [6, 6.07) is 27.5. The molecule has 0 aromatic heterocycles. The molecule has 8 heteroatoms. The first kappa shape index (κ1) is 26.7. The second-order valence-electron chi connectivity index (χ2n) is 7.74. The van der Waals surface area contributed by atoms with Crippen LogP contribution in [0.3, 0.4) is 0 Å². The van der Waals surface area contributed by atoms with Crippen LogP contribution in [0.15, 0.2) is 91.0 Å². The lowest BCUT2D eigenvalue weighted by atomic mass is 10.2. The average Bonchev–Trinajstić information content (AvgIpc) is 2.81. The summed E-state index contributed by atoms with van der Waals surface area (Å²) in [6.07, 6.45) is -1.51. The van der Waals surface area contributed by atoms with Crippen molar-refractivity contribution >= 4 is 12.3 Å². The van der Waals surface area contributed by atoms with E-state index in [0.29, 0.717) is 35.6 Å². The fourth-order valence-electron chi connectivity index (χ4n) is 3.22. The maximum absolute atomic E-state index is 12.0. The lowest BCUT2D eigenvalue weighted by Gasteiger charge is -2.34. The molecule has 0 atom stereocenters. The Balaban J connectivity index is 0.00000408. The zero-order chi connectivity index (χ0) is 23.4. The minimum Gasteiger partial charge on any atom is -1.00 e. The van der Waals surface area contributed by atoms with Crippen molar-refractivity contribution in [3.05, 3.63) is 96.6 Å². The van der Waals surface area contributed by atoms with E-state index < -0.39 is 12.3 Å². The molecule has 0 fully saturated rings. The van der Waals surface area contributed by atoms with E-state index in [4.69, 9.17) is 18.9 Å². The van der Waals surface area contributed by atoms with E-state index in [9.17, 15) is 9.59 Å². The number of quaternary nitrogens is 1. The van der Waals surface area contributed by atoms with Gasteiger partial charge in [0, 0.05) is 5.56 Å². The molecule has 7 nitrogen and oxygen atoms in total. The molecule has 34 heavy (non-hydrogen) atoms. The highest BCUT2D eigenvalue weighted by atomic mass is 35.5. The topological polar surface area (TPSA) is 71.1 Å². The molecule has 0 bridgehead atoms. The van der Waals surface area contributed by atoms with Crippen molar-refractivity contribution < 1.29 is 45.4 Å². The number of carbonyl (C=O) groups excluding carboxylic acids is 2. The SMILES string of the molecule is C[N+](CCOC(=O)Oc1ccccc1)(CCOC(=O)Oc1ccccc1)Cc1ccccc1.[Cl-]. The van der Waals surface area contributed by atoms with E-state index in [0.717, 1.165) is 5.56 Å². The normalized spacial score (nSPS) is 10.5. The van der Waals surface area contributed by atoms with Crippen molar-refractivity contribution in [2.45, 2.75) is 6.54 Å². The molecule has 0 amide bonds. The number of hydrogen-bond donors (Lipinski definition) is 0. The van der Waals surface area contributed by atoms with Gasteiger partial charge in [-0.15, -0.1) is 0 Å². The summed E-state index contributed by atoms with van der Waals surface area (Å²) in [7, 11) is 2.02. The van der Waals surface area contributed by atoms with Crippen molar-refractivity contribution in [3.63, 3.8) is 0 Å². The summed E-state index contributed by atoms with van der Waals surface area (Å²) in [5.41, 5.74) is 1.12. The highest BCUT2D eigenvalue weighted by molar-refractivity contribution is 5.64. The van der Waals surface area contributed by atoms with E-state index in [1.165, 1.54) is 0 Å². The molecule has 0 radical (unpaired) electrons. The predicted octanol–water partition coefficient (Wildman–Crippen LogP) is 2.07. The molecule has 3 aromatic carbocycles. The lowest BCUT2D eigenvalue weighted by molar-refractivity contribution is -0.922. The fourth-order valence-corrected chi connectivity index (χ4v) is 3.22. The summed E-state index contributed by atoms with van der Waals surface area (Å²) in [5, 5.41) is 0. The number of hydrogen-bond acceptors (Lipinski definition) is 6. The van der Waals surface area contributed by atoms with Crippen LogP contribution in [-0.2, 0) is 16.0 Å². The summed E-state index contributed by atoms with van der Waals surface area (Å²) >= 11 is 0. The molecule has 0 aliphatic heterocycles. The van der Waals surface area contributed by atoms with Crippen LogP contribution in [0.5, 0.6) is 11.5 Å². The van der Waals surface area contributed by atoms with Gasteiger partial charge in [0.25, 0.3) is 0 Å². The first-order chi connectivity index (χ1) is 16.0. The molecule has 3 aromatic rings. The zero-order valence-electron chi connectivity index (χ0n) is 19.0. The maximum atomic E-state index is 12.0. The average molecular weight is 486 g/mol. The van der Waals surface area contributed by atoms with Crippen LogP contribution in [0.25, 0.3) is 0 Å². The number of halogens is 1. The summed E-state index contributed by atoms with van der Waals surface area (Å²) < 4.78 is 21.4. The number of nitrogens with zero attached hydrogens (tertiary/aromatic N) is 1. The minimum absolute atomic E-state index is 0. The third-order valence-corrected chi connectivity index (χ3v) is 5.00. The van der Waals surface area contributed by atoms with Gasteiger partial charge in [0.1, 0.15) is 44.3 Å². The third kappa shape index (κ3) is 9.52. The van der Waals surface area contributed by atoms with E-state index >= 15 is 0 Å². The van der Waals surface area contributed by atoms with E-state index in [1.807, 2.05) is 49.5 Å². The number of para-hydroxylation sites is 2. The van der Waals surface area contributed by atoms with Crippen LogP contribution in [0.4, 0.5) is 9.59 Å². The van der Waals surface area contributed by atoms with Gasteiger partial charge in [-0.25, -0.2) is 9.59 Å². The van der Waals surface area contributed by atoms with Crippen LogP contribution in [0.2, 0.25) is 0 Å². The van der Waals surface area contributed by atoms with Crippen molar-refractivity contribution in [1.29, 1.82) is 0 Å². The highest BCUT2D eigenvalue weighted by Gasteiger charge is 2.24. The lowest BCUT2D eigenvalue weighted by Crippen LogP contribution is -3.00. The van der Waals surface area contributed by atoms with Crippen molar-refractivity contribution in [2.75, 3.05) is 33.4 Å². The first-order valence-corrected chi connectivity index (χ1v) is 10.7. The van der Waals surface area contributed by atoms with Crippen molar-refractivity contribution in [3.8, 4) is 11.5 Å². The van der Waals surface area contributed by atoms with Gasteiger partial charge in [0.15, 0.2) is 0 Å². The summed E-state index contributed by atoms with van der Waals surface area (Å²) in [6.45, 7) is 2.01. The van der Waals surface area contributed by atoms with Gasteiger partial charge >= 0.3 is 12.3 Å². The van der Waals surface area contributed by atoms with Crippen molar-refractivity contribution in [2.24, 2.45) is 0 Å². The van der Waals surface area contributed by atoms with Crippen LogP contribution in [0, 0.1) is 0 Å². The Bertz CT molecular complexity index is 942. The molecule has 0 unspecified atom stereocenters. The molecular formula is C26H28ClNO6. The van der Waals surface area contributed by atoms with E-state index in [1.54, 1.807) is 48.5 Å². The molecule has 0 spiro atoms. The van der Waals surface area contributed by atoms with Crippen LogP contribution < -0.4 is 21.9 Å². The zero-order valence-corrected chi connectivity index (χ0v) is 19.7. The predicted molar refractivity (Wildman–Crippen MR) is 123 cm³/mol. The van der Waals surface area contributed by atoms with Crippen molar-refractivity contribution in [1.82, 2.24) is 0 Å². The van der Waals surface area contributed by atoms with Gasteiger partial charge in [-0.05, 0) is 24.3 Å². The molecule has 0 aliphatic rings. The van der Waals surface area contributed by atoms with Gasteiger partial charge in [0.2, 0.25) is 0 Å². The largest absolute Gasteiger partial charge is 1.00 e. The number of likely N-dealkylation sites (N-methyl/N-ethyl adjacent to an activating group) is 1. The maximum Gasteiger partial charge on any atom is 0.514 e. The molecule has 3 rings (SSSR count). The Morgan fingerprint density at radius 1 is 0.647 bits per heavy atom. The smallest absolute Gasteiger partial charge is 0.514 e.